The minimum absolute atomic E-state index is 0.0493. The van der Waals surface area contributed by atoms with Crippen LogP contribution in [0.1, 0.15) is 307 Å². The van der Waals surface area contributed by atoms with Crippen molar-refractivity contribution >= 4 is 51.6 Å². The summed E-state index contributed by atoms with van der Waals surface area (Å²) >= 11 is 1.39. The fourth-order valence-corrected chi connectivity index (χ4v) is 12.3. The van der Waals surface area contributed by atoms with Gasteiger partial charge in [0.1, 0.15) is 0 Å². The molecule has 0 unspecified atom stereocenters. The van der Waals surface area contributed by atoms with E-state index in [0.717, 1.165) is 197 Å². The summed E-state index contributed by atoms with van der Waals surface area (Å²) in [5, 5.41) is 0.898. The lowest BCUT2D eigenvalue weighted by Crippen LogP contribution is -2.32. The molecule has 0 aliphatic carbocycles. The van der Waals surface area contributed by atoms with Crippen molar-refractivity contribution in [1.29, 1.82) is 0 Å². The van der Waals surface area contributed by atoms with Crippen LogP contribution < -0.4 is 9.47 Å². The molecule has 16 nitrogen and oxygen atoms in total. The molecule has 0 amide bonds. The number of esters is 1. The summed E-state index contributed by atoms with van der Waals surface area (Å²) in [6, 6.07) is 5.57. The molecule has 0 aliphatic heterocycles. The molecule has 0 bridgehead atoms. The second-order valence-corrected chi connectivity index (χ2v) is 26.0. The average molecular weight is 1300 g/mol. The summed E-state index contributed by atoms with van der Waals surface area (Å²) in [6.45, 7) is 15.5. The number of hydrogen-bond acceptors (Lipinski definition) is 17. The SMILES string of the molecule is CCCCCCCCCCOC(=O)OCCCCCCN(CCCCCCOC(=O)CCC(=O)c1cc2cc(OC)c(OC)cc2s1)CCCN(CCCCCCOC(=O)OCCCCCCCCCC)CCCCCCOC(=O)OCCCCCCCCCC. The first-order valence-corrected chi connectivity index (χ1v) is 37.6. The number of methoxy groups -OCH3 is 2. The molecular formula is C74H130N2O14S. The van der Waals surface area contributed by atoms with E-state index in [2.05, 4.69) is 30.6 Å². The first kappa shape index (κ1) is 82.7. The van der Waals surface area contributed by atoms with Crippen LogP contribution in [0, 0.1) is 0 Å². The lowest BCUT2D eigenvalue weighted by atomic mass is 10.1. The Morgan fingerprint density at radius 2 is 0.593 bits per heavy atom. The molecule has 0 aliphatic rings. The highest BCUT2D eigenvalue weighted by atomic mass is 32.1. The molecule has 2 aromatic rings. The Labute approximate surface area is 556 Å². The van der Waals surface area contributed by atoms with Crippen molar-refractivity contribution in [3.8, 4) is 11.5 Å². The van der Waals surface area contributed by atoms with Gasteiger partial charge in [-0.25, -0.2) is 14.4 Å². The molecule has 0 saturated carbocycles. The number of carbonyl (C=O) groups excluding carboxylic acids is 5. The lowest BCUT2D eigenvalue weighted by molar-refractivity contribution is -0.143. The zero-order valence-corrected chi connectivity index (χ0v) is 59.2. The molecule has 1 heterocycles. The third-order valence-electron chi connectivity index (χ3n) is 16.9. The highest BCUT2D eigenvalue weighted by molar-refractivity contribution is 7.20. The number of nitrogens with zero attached hydrogens (tertiary/aromatic N) is 2. The molecule has 1 aromatic heterocycles. The maximum atomic E-state index is 13.0. The van der Waals surface area contributed by atoms with Crippen LogP contribution in [0.3, 0.4) is 0 Å². The number of ether oxygens (including phenoxy) is 9. The second kappa shape index (κ2) is 60.6. The number of Topliss-reactive ketones (excluding diaryl/α,β-unsaturated/α-hetero) is 1. The largest absolute Gasteiger partial charge is 0.508 e. The van der Waals surface area contributed by atoms with Crippen LogP contribution >= 0.6 is 11.3 Å². The van der Waals surface area contributed by atoms with Crippen molar-refractivity contribution < 1.29 is 66.6 Å². The van der Waals surface area contributed by atoms with E-state index in [1.54, 1.807) is 14.2 Å². The van der Waals surface area contributed by atoms with E-state index in [9.17, 15) is 24.0 Å². The fraction of sp³-hybridized carbons (Fsp3) is 0.824. The van der Waals surface area contributed by atoms with Crippen molar-refractivity contribution in [3.05, 3.63) is 23.1 Å². The zero-order valence-electron chi connectivity index (χ0n) is 58.3. The lowest BCUT2D eigenvalue weighted by Gasteiger charge is -2.26. The molecule has 0 radical (unpaired) electrons. The summed E-state index contributed by atoms with van der Waals surface area (Å²) in [4.78, 5) is 68.2. The van der Waals surface area contributed by atoms with Crippen LogP contribution in [-0.4, -0.2) is 140 Å². The molecule has 0 saturated heterocycles. The van der Waals surface area contributed by atoms with Crippen molar-refractivity contribution in [2.45, 2.75) is 297 Å². The maximum Gasteiger partial charge on any atom is 0.508 e. The van der Waals surface area contributed by atoms with Crippen molar-refractivity contribution in [2.24, 2.45) is 0 Å². The third kappa shape index (κ3) is 48.1. The molecule has 2 rings (SSSR count). The van der Waals surface area contributed by atoms with Gasteiger partial charge in [-0.15, -0.1) is 11.3 Å². The van der Waals surface area contributed by atoms with E-state index < -0.39 is 18.5 Å². The van der Waals surface area contributed by atoms with Gasteiger partial charge in [0.05, 0.1) is 71.8 Å². The monoisotopic (exact) mass is 1300 g/mol. The fourth-order valence-electron chi connectivity index (χ4n) is 11.2. The van der Waals surface area contributed by atoms with E-state index in [1.807, 2.05) is 18.2 Å². The van der Waals surface area contributed by atoms with Gasteiger partial charge in [-0.1, -0.05) is 207 Å². The van der Waals surface area contributed by atoms with E-state index >= 15 is 0 Å². The summed E-state index contributed by atoms with van der Waals surface area (Å²) in [7, 11) is 3.17. The first-order valence-electron chi connectivity index (χ1n) is 36.8. The molecule has 1 aromatic carbocycles. The van der Waals surface area contributed by atoms with Gasteiger partial charge >= 0.3 is 24.4 Å². The second-order valence-electron chi connectivity index (χ2n) is 25.0. The van der Waals surface area contributed by atoms with Crippen LogP contribution in [0.5, 0.6) is 11.5 Å². The van der Waals surface area contributed by atoms with E-state index in [1.165, 1.54) is 127 Å². The van der Waals surface area contributed by atoms with Gasteiger partial charge in [0.25, 0.3) is 0 Å². The van der Waals surface area contributed by atoms with Gasteiger partial charge in [0.2, 0.25) is 0 Å². The number of benzene rings is 1. The maximum absolute atomic E-state index is 13.0. The summed E-state index contributed by atoms with van der Waals surface area (Å²) in [5.74, 6) is 0.782. The van der Waals surface area contributed by atoms with Gasteiger partial charge in [0, 0.05) is 17.2 Å². The highest BCUT2D eigenvalue weighted by Gasteiger charge is 2.17. The topological polar surface area (TPSA) is 175 Å². The quantitative estimate of drug-likeness (QED) is 0.0264. The molecule has 17 heteroatoms. The van der Waals surface area contributed by atoms with Crippen LogP contribution in [0.4, 0.5) is 14.4 Å². The molecule has 526 valence electrons. The van der Waals surface area contributed by atoms with Crippen molar-refractivity contribution in [2.75, 3.05) is 99.7 Å². The predicted molar refractivity (Wildman–Crippen MR) is 371 cm³/mol. The molecule has 0 fully saturated rings. The van der Waals surface area contributed by atoms with Gasteiger partial charge in [0.15, 0.2) is 17.3 Å². The zero-order chi connectivity index (χ0) is 65.7. The van der Waals surface area contributed by atoms with Gasteiger partial charge in [-0.2, -0.15) is 0 Å². The Balaban J connectivity index is 1.86. The number of thiophene rings is 1. The van der Waals surface area contributed by atoms with E-state index in [0.29, 0.717) is 62.6 Å². The van der Waals surface area contributed by atoms with Gasteiger partial charge in [-0.3, -0.25) is 9.59 Å². The number of fused-ring (bicyclic) bond motifs is 1. The average Bonchev–Trinajstić information content (AvgIpc) is 2.33. The molecule has 91 heavy (non-hydrogen) atoms. The van der Waals surface area contributed by atoms with Crippen molar-refractivity contribution in [3.63, 3.8) is 0 Å². The molecular weight excluding hydrogens is 1170 g/mol. The van der Waals surface area contributed by atoms with E-state index in [4.69, 9.17) is 42.6 Å². The minimum Gasteiger partial charge on any atom is -0.493 e. The standard InChI is InChI=1S/C74H130N2O14S/c1-6-9-12-15-18-21-28-40-56-85-72(79)88-59-43-32-25-36-50-75(49-35-24-31-39-55-84-71(78)48-47-66(77)70-63-65-62-67(82-4)68(83-5)64-69(65)91-70)53-46-54-76(51-37-26-33-44-60-89-73(80)86-57-41-29-22-19-16-13-10-7-2)52-38-27-34-45-61-90-74(81)87-58-42-30-23-20-17-14-11-8-3/h62-64H,6-61H2,1-5H3. The van der Waals surface area contributed by atoms with E-state index in [-0.39, 0.29) is 24.6 Å². The Hall–Kier alpha value is -4.35. The summed E-state index contributed by atoms with van der Waals surface area (Å²) < 4.78 is 49.5. The number of unbranched alkanes of at least 4 members (excludes halogenated alkanes) is 33. The van der Waals surface area contributed by atoms with Gasteiger partial charge < -0.3 is 52.4 Å². The Morgan fingerprint density at radius 3 is 0.912 bits per heavy atom. The summed E-state index contributed by atoms with van der Waals surface area (Å²) in [5.41, 5.74) is 0. The molecule has 0 spiro atoms. The Morgan fingerprint density at radius 1 is 0.319 bits per heavy atom. The van der Waals surface area contributed by atoms with Crippen molar-refractivity contribution in [1.82, 2.24) is 9.80 Å². The van der Waals surface area contributed by atoms with Crippen LogP contribution in [0.15, 0.2) is 18.2 Å². The third-order valence-corrected chi connectivity index (χ3v) is 18.0. The number of carbonyl (C=O) groups is 5. The Kier molecular flexibility index (Phi) is 55.1. The predicted octanol–water partition coefficient (Wildman–Crippen LogP) is 20.5. The highest BCUT2D eigenvalue weighted by Crippen LogP contribution is 2.37. The Bertz CT molecular complexity index is 1980. The van der Waals surface area contributed by atoms with Crippen LogP contribution in [0.2, 0.25) is 0 Å². The molecule has 0 atom stereocenters. The summed E-state index contributed by atoms with van der Waals surface area (Å²) in [6.07, 6.45) is 44.0. The number of hydrogen-bond donors (Lipinski definition) is 0. The minimum atomic E-state index is -0.554. The van der Waals surface area contributed by atoms with Gasteiger partial charge in [-0.05, 0) is 134 Å². The number of rotatable bonds is 65. The molecule has 0 N–H and O–H groups in total. The normalized spacial score (nSPS) is 11.4. The van der Waals surface area contributed by atoms with Crippen LogP contribution in [0.25, 0.3) is 10.1 Å². The first-order chi connectivity index (χ1) is 44.6. The van der Waals surface area contributed by atoms with Crippen LogP contribution in [-0.2, 0) is 38.0 Å². The number of ketones is 1. The smallest absolute Gasteiger partial charge is 0.493 e.